The number of nitrogen functional groups attached to an aromatic ring is 1. The van der Waals surface area contributed by atoms with E-state index < -0.39 is 0 Å². The van der Waals surface area contributed by atoms with Gasteiger partial charge in [-0.2, -0.15) is 0 Å². The summed E-state index contributed by atoms with van der Waals surface area (Å²) in [5.41, 5.74) is 6.96. The Hall–Kier alpha value is -1.22. The van der Waals surface area contributed by atoms with E-state index in [-0.39, 0.29) is 5.91 Å². The molecular formula is C15H19ClN2O. The van der Waals surface area contributed by atoms with Gasteiger partial charge in [0.25, 0.3) is 0 Å². The van der Waals surface area contributed by atoms with Crippen LogP contribution in [0.5, 0.6) is 0 Å². The van der Waals surface area contributed by atoms with Gasteiger partial charge in [-0.1, -0.05) is 18.0 Å². The van der Waals surface area contributed by atoms with Crippen LogP contribution in [0.4, 0.5) is 11.4 Å². The fourth-order valence-corrected chi connectivity index (χ4v) is 3.82. The van der Waals surface area contributed by atoms with Crippen molar-refractivity contribution in [1.29, 1.82) is 0 Å². The zero-order chi connectivity index (χ0) is 13.4. The van der Waals surface area contributed by atoms with Gasteiger partial charge in [0, 0.05) is 12.1 Å². The number of hydrogen-bond acceptors (Lipinski definition) is 2. The number of amides is 1. The molecule has 3 rings (SSSR count). The van der Waals surface area contributed by atoms with Gasteiger partial charge in [0.1, 0.15) is 0 Å². The molecule has 2 fully saturated rings. The predicted molar refractivity (Wildman–Crippen MR) is 78.0 cm³/mol. The molecule has 3 atom stereocenters. The first-order chi connectivity index (χ1) is 9.11. The van der Waals surface area contributed by atoms with Crippen LogP contribution in [0.2, 0.25) is 5.02 Å². The summed E-state index contributed by atoms with van der Waals surface area (Å²) in [6, 6.07) is 5.21. The second kappa shape index (κ2) is 5.04. The Morgan fingerprint density at radius 2 is 2.21 bits per heavy atom. The molecule has 19 heavy (non-hydrogen) atoms. The van der Waals surface area contributed by atoms with Gasteiger partial charge in [0.05, 0.1) is 10.7 Å². The monoisotopic (exact) mass is 278 g/mol. The molecule has 2 aliphatic rings. The Balaban J connectivity index is 1.57. The van der Waals surface area contributed by atoms with Crippen LogP contribution >= 0.6 is 11.6 Å². The lowest BCUT2D eigenvalue weighted by atomic mass is 9.86. The standard InChI is InChI=1S/C15H19ClN2O/c16-13-4-3-12(8-14(13)17)18-15(19)7-11-6-9-1-2-10(11)5-9/h3-4,8-11H,1-2,5-7,17H2,(H,18,19). The smallest absolute Gasteiger partial charge is 0.224 e. The van der Waals surface area contributed by atoms with E-state index in [0.717, 1.165) is 17.5 Å². The molecule has 1 aromatic rings. The van der Waals surface area contributed by atoms with Crippen molar-refractivity contribution in [1.82, 2.24) is 0 Å². The molecule has 102 valence electrons. The molecule has 0 radical (unpaired) electrons. The number of carbonyl (C=O) groups excluding carboxylic acids is 1. The number of nitrogens with two attached hydrogens (primary N) is 1. The van der Waals surface area contributed by atoms with E-state index in [2.05, 4.69) is 5.32 Å². The highest BCUT2D eigenvalue weighted by Gasteiger charge is 2.40. The van der Waals surface area contributed by atoms with Gasteiger partial charge >= 0.3 is 0 Å². The summed E-state index contributed by atoms with van der Waals surface area (Å²) in [6.07, 6.45) is 5.91. The highest BCUT2D eigenvalue weighted by atomic mass is 35.5. The van der Waals surface area contributed by atoms with Crippen molar-refractivity contribution >= 4 is 28.9 Å². The number of fused-ring (bicyclic) bond motifs is 2. The minimum Gasteiger partial charge on any atom is -0.397 e. The molecule has 1 amide bonds. The van der Waals surface area contributed by atoms with Crippen LogP contribution in [0.1, 0.15) is 32.1 Å². The molecule has 0 aliphatic heterocycles. The molecule has 0 heterocycles. The van der Waals surface area contributed by atoms with E-state index in [9.17, 15) is 4.79 Å². The second-order valence-corrected chi connectivity index (χ2v) is 6.33. The Kier molecular flexibility index (Phi) is 3.40. The Morgan fingerprint density at radius 1 is 1.37 bits per heavy atom. The van der Waals surface area contributed by atoms with Crippen molar-refractivity contribution in [2.45, 2.75) is 32.1 Å². The van der Waals surface area contributed by atoms with Crippen LogP contribution in [0.25, 0.3) is 0 Å². The number of halogens is 1. The largest absolute Gasteiger partial charge is 0.397 e. The summed E-state index contributed by atoms with van der Waals surface area (Å²) in [5.74, 6) is 2.35. The Bertz CT molecular complexity index is 503. The lowest BCUT2D eigenvalue weighted by Crippen LogP contribution is -2.20. The average molecular weight is 279 g/mol. The first-order valence-corrected chi connectivity index (χ1v) is 7.34. The first-order valence-electron chi connectivity index (χ1n) is 6.96. The van der Waals surface area contributed by atoms with E-state index in [1.165, 1.54) is 25.7 Å². The first kappa shape index (κ1) is 12.8. The number of hydrogen-bond donors (Lipinski definition) is 2. The number of rotatable bonds is 3. The molecule has 2 saturated carbocycles. The third-order valence-electron chi connectivity index (χ3n) is 4.61. The number of nitrogens with one attached hydrogen (secondary N) is 1. The average Bonchev–Trinajstić information content (AvgIpc) is 2.96. The Morgan fingerprint density at radius 3 is 2.84 bits per heavy atom. The number of benzene rings is 1. The molecule has 0 aromatic heterocycles. The van der Waals surface area contributed by atoms with Gasteiger partial charge in [-0.25, -0.2) is 0 Å². The van der Waals surface area contributed by atoms with Crippen molar-refractivity contribution in [3.8, 4) is 0 Å². The summed E-state index contributed by atoms with van der Waals surface area (Å²) >= 11 is 5.86. The second-order valence-electron chi connectivity index (χ2n) is 5.92. The third kappa shape index (κ3) is 2.71. The molecule has 4 heteroatoms. The fraction of sp³-hybridized carbons (Fsp3) is 0.533. The Labute approximate surface area is 118 Å². The topological polar surface area (TPSA) is 55.1 Å². The SMILES string of the molecule is Nc1cc(NC(=O)CC2CC3CCC2C3)ccc1Cl. The lowest BCUT2D eigenvalue weighted by Gasteiger charge is -2.20. The van der Waals surface area contributed by atoms with E-state index in [0.29, 0.717) is 23.0 Å². The number of anilines is 2. The van der Waals surface area contributed by atoms with Crippen LogP contribution < -0.4 is 11.1 Å². The summed E-state index contributed by atoms with van der Waals surface area (Å²) in [5, 5.41) is 3.44. The highest BCUT2D eigenvalue weighted by molar-refractivity contribution is 6.33. The summed E-state index contributed by atoms with van der Waals surface area (Å²) in [4.78, 5) is 12.1. The van der Waals surface area contributed by atoms with Crippen LogP contribution in [-0.4, -0.2) is 5.91 Å². The summed E-state index contributed by atoms with van der Waals surface area (Å²) < 4.78 is 0. The summed E-state index contributed by atoms with van der Waals surface area (Å²) in [6.45, 7) is 0. The summed E-state index contributed by atoms with van der Waals surface area (Å²) in [7, 11) is 0. The van der Waals surface area contributed by atoms with Gasteiger partial charge in [-0.05, 0) is 55.2 Å². The minimum atomic E-state index is 0.0965. The molecular weight excluding hydrogens is 260 g/mol. The molecule has 2 bridgehead atoms. The van der Waals surface area contributed by atoms with Crippen molar-refractivity contribution in [3.05, 3.63) is 23.2 Å². The molecule has 3 N–H and O–H groups in total. The van der Waals surface area contributed by atoms with E-state index >= 15 is 0 Å². The molecule has 0 spiro atoms. The highest BCUT2D eigenvalue weighted by Crippen LogP contribution is 2.49. The minimum absolute atomic E-state index is 0.0965. The van der Waals surface area contributed by atoms with Gasteiger partial charge in [0.15, 0.2) is 0 Å². The molecule has 2 aliphatic carbocycles. The molecule has 0 saturated heterocycles. The zero-order valence-corrected chi connectivity index (χ0v) is 11.6. The van der Waals surface area contributed by atoms with Crippen molar-refractivity contribution in [3.63, 3.8) is 0 Å². The normalized spacial score (nSPS) is 28.6. The van der Waals surface area contributed by atoms with E-state index in [1.807, 2.05) is 0 Å². The molecule has 3 nitrogen and oxygen atoms in total. The fourth-order valence-electron chi connectivity index (χ4n) is 3.70. The van der Waals surface area contributed by atoms with Gasteiger partial charge in [-0.15, -0.1) is 0 Å². The van der Waals surface area contributed by atoms with Crippen LogP contribution in [0.15, 0.2) is 18.2 Å². The molecule has 1 aromatic carbocycles. The van der Waals surface area contributed by atoms with Gasteiger partial charge < -0.3 is 11.1 Å². The van der Waals surface area contributed by atoms with Crippen LogP contribution in [0.3, 0.4) is 0 Å². The zero-order valence-electron chi connectivity index (χ0n) is 10.9. The maximum atomic E-state index is 12.1. The van der Waals surface area contributed by atoms with Crippen molar-refractivity contribution in [2.75, 3.05) is 11.1 Å². The quantitative estimate of drug-likeness (QED) is 0.829. The van der Waals surface area contributed by atoms with Crippen molar-refractivity contribution < 1.29 is 4.79 Å². The van der Waals surface area contributed by atoms with E-state index in [1.54, 1.807) is 18.2 Å². The molecule has 3 unspecified atom stereocenters. The third-order valence-corrected chi connectivity index (χ3v) is 4.96. The maximum Gasteiger partial charge on any atom is 0.224 e. The maximum absolute atomic E-state index is 12.1. The number of carbonyl (C=O) groups is 1. The predicted octanol–water partition coefficient (Wildman–Crippen LogP) is 3.69. The van der Waals surface area contributed by atoms with Crippen LogP contribution in [0, 0.1) is 17.8 Å². The van der Waals surface area contributed by atoms with Crippen molar-refractivity contribution in [2.24, 2.45) is 17.8 Å². The van der Waals surface area contributed by atoms with E-state index in [4.69, 9.17) is 17.3 Å². The van der Waals surface area contributed by atoms with Gasteiger partial charge in [0.2, 0.25) is 5.91 Å². The lowest BCUT2D eigenvalue weighted by molar-refractivity contribution is -0.117. The van der Waals surface area contributed by atoms with Gasteiger partial charge in [-0.3, -0.25) is 4.79 Å². The van der Waals surface area contributed by atoms with Crippen LogP contribution in [-0.2, 0) is 4.79 Å².